The van der Waals surface area contributed by atoms with Crippen molar-refractivity contribution < 1.29 is 14.4 Å². The highest BCUT2D eigenvalue weighted by molar-refractivity contribution is 6.42. The lowest BCUT2D eigenvalue weighted by Gasteiger charge is -2.29. The van der Waals surface area contributed by atoms with Crippen LogP contribution in [-0.4, -0.2) is 46.4 Å². The Balaban J connectivity index is 1.33. The first-order valence-electron chi connectivity index (χ1n) is 10.8. The average molecular weight is 480 g/mol. The third kappa shape index (κ3) is 5.81. The number of hydrogen-bond acceptors (Lipinski definition) is 7. The van der Waals surface area contributed by atoms with E-state index in [9.17, 15) is 4.79 Å². The van der Waals surface area contributed by atoms with Crippen molar-refractivity contribution in [3.05, 3.63) is 51.3 Å². The lowest BCUT2D eigenvalue weighted by molar-refractivity contribution is -0.112. The van der Waals surface area contributed by atoms with E-state index >= 15 is 0 Å². The number of fused-ring (bicyclic) bond motifs is 1. The van der Waals surface area contributed by atoms with Crippen LogP contribution in [0.1, 0.15) is 49.6 Å². The molecule has 0 radical (unpaired) electrons. The van der Waals surface area contributed by atoms with E-state index in [4.69, 9.17) is 32.8 Å². The molecule has 1 aromatic carbocycles. The van der Waals surface area contributed by atoms with E-state index in [1.54, 1.807) is 17.2 Å². The number of carbonyl (C=O) groups excluding carboxylic acids is 1. The highest BCUT2D eigenvalue weighted by Gasteiger charge is 2.24. The van der Waals surface area contributed by atoms with Gasteiger partial charge in [0, 0.05) is 25.4 Å². The fourth-order valence-corrected chi connectivity index (χ4v) is 4.23. The van der Waals surface area contributed by atoms with Crippen LogP contribution >= 0.6 is 23.2 Å². The first-order valence-corrected chi connectivity index (χ1v) is 11.5. The van der Waals surface area contributed by atoms with Crippen LogP contribution in [0.25, 0.3) is 0 Å². The summed E-state index contributed by atoms with van der Waals surface area (Å²) in [6, 6.07) is 5.27. The number of hydrogen-bond donors (Lipinski definition) is 2. The van der Waals surface area contributed by atoms with Gasteiger partial charge in [-0.2, -0.15) is 0 Å². The zero-order valence-electron chi connectivity index (χ0n) is 18.1. The molecule has 2 aliphatic heterocycles. The maximum Gasteiger partial charge on any atom is 0.426 e. The summed E-state index contributed by atoms with van der Waals surface area (Å²) in [4.78, 5) is 27.1. The first kappa shape index (κ1) is 23.0. The number of halogens is 2. The first-order chi connectivity index (χ1) is 15.4. The van der Waals surface area contributed by atoms with Crippen molar-refractivity contribution in [3.63, 3.8) is 0 Å². The second kappa shape index (κ2) is 10.2. The highest BCUT2D eigenvalue weighted by Crippen LogP contribution is 2.26. The number of nitrogens with one attached hydrogen (secondary N) is 2. The second-order valence-electron chi connectivity index (χ2n) is 8.24. The second-order valence-corrected chi connectivity index (χ2v) is 9.06. The molecule has 3 unspecified atom stereocenters. The molecule has 1 saturated heterocycles. The van der Waals surface area contributed by atoms with Gasteiger partial charge in [-0.25, -0.2) is 14.8 Å². The van der Waals surface area contributed by atoms with E-state index in [2.05, 4.69) is 27.5 Å². The van der Waals surface area contributed by atoms with Crippen LogP contribution in [0.15, 0.2) is 24.4 Å². The minimum Gasteiger partial charge on any atom is -0.378 e. The molecule has 2 N–H and O–H groups in total. The van der Waals surface area contributed by atoms with Crippen molar-refractivity contribution in [2.45, 2.75) is 57.8 Å². The summed E-state index contributed by atoms with van der Waals surface area (Å²) in [5, 5.41) is 8.76. The Morgan fingerprint density at radius 3 is 2.97 bits per heavy atom. The summed E-state index contributed by atoms with van der Waals surface area (Å²) in [6.07, 6.45) is 4.11. The zero-order valence-corrected chi connectivity index (χ0v) is 19.6. The van der Waals surface area contributed by atoms with Gasteiger partial charge in [0.15, 0.2) is 0 Å². The molecule has 3 atom stereocenters. The largest absolute Gasteiger partial charge is 0.426 e. The molecule has 0 aliphatic carbocycles. The van der Waals surface area contributed by atoms with Gasteiger partial charge in [-0.1, -0.05) is 29.3 Å². The van der Waals surface area contributed by atoms with Gasteiger partial charge in [0.1, 0.15) is 0 Å². The average Bonchev–Trinajstić information content (AvgIpc) is 2.75. The highest BCUT2D eigenvalue weighted by atomic mass is 35.5. The maximum atomic E-state index is 12.4. The normalized spacial score (nSPS) is 22.0. The molecule has 1 fully saturated rings. The Bertz CT molecular complexity index is 977. The molecule has 1 aromatic heterocycles. The predicted octanol–water partition coefficient (Wildman–Crippen LogP) is 4.52. The Morgan fingerprint density at radius 2 is 2.19 bits per heavy atom. The van der Waals surface area contributed by atoms with Crippen molar-refractivity contribution >= 4 is 35.2 Å². The smallest absolute Gasteiger partial charge is 0.378 e. The van der Waals surface area contributed by atoms with Crippen molar-refractivity contribution in [2.24, 2.45) is 0 Å². The van der Waals surface area contributed by atoms with Crippen LogP contribution in [0, 0.1) is 0 Å². The third-order valence-corrected chi connectivity index (χ3v) is 6.46. The lowest BCUT2D eigenvalue weighted by Crippen LogP contribution is -2.38. The molecular formula is C22H27Cl2N5O3. The molecule has 32 heavy (non-hydrogen) atoms. The number of rotatable bonds is 5. The molecule has 0 spiro atoms. The van der Waals surface area contributed by atoms with Gasteiger partial charge >= 0.3 is 6.09 Å². The molecule has 0 saturated carbocycles. The van der Waals surface area contributed by atoms with Gasteiger partial charge in [0.2, 0.25) is 5.95 Å². The Labute approximate surface area is 197 Å². The molecule has 1 amide bonds. The van der Waals surface area contributed by atoms with Crippen LogP contribution in [0.2, 0.25) is 10.0 Å². The van der Waals surface area contributed by atoms with Gasteiger partial charge in [0.05, 0.1) is 34.4 Å². The van der Waals surface area contributed by atoms with Gasteiger partial charge in [-0.3, -0.25) is 0 Å². The third-order valence-electron chi connectivity index (χ3n) is 5.72. The van der Waals surface area contributed by atoms with E-state index in [-0.39, 0.29) is 12.1 Å². The molecule has 8 nitrogen and oxygen atoms in total. The molecule has 10 heteroatoms. The number of nitrogens with zero attached hydrogens (tertiary/aromatic N) is 3. The fourth-order valence-electron chi connectivity index (χ4n) is 3.92. The van der Waals surface area contributed by atoms with Crippen LogP contribution in [0.5, 0.6) is 0 Å². The van der Waals surface area contributed by atoms with E-state index in [0.29, 0.717) is 41.5 Å². The van der Waals surface area contributed by atoms with E-state index < -0.39 is 6.09 Å². The lowest BCUT2D eigenvalue weighted by atomic mass is 10.0. The SMILES string of the molecule is CC1CC(Nc2ncc3c(n2)CN(OC(=O)NC(C)c2ccc(Cl)c(Cl)c2)CC3)CCO1. The summed E-state index contributed by atoms with van der Waals surface area (Å²) < 4.78 is 5.60. The summed E-state index contributed by atoms with van der Waals surface area (Å²) in [7, 11) is 0. The van der Waals surface area contributed by atoms with Crippen LogP contribution in [0.3, 0.4) is 0 Å². The van der Waals surface area contributed by atoms with Gasteiger partial charge in [-0.05, 0) is 56.4 Å². The van der Waals surface area contributed by atoms with Crippen molar-refractivity contribution in [2.75, 3.05) is 18.5 Å². The number of ether oxygens (including phenoxy) is 1. The van der Waals surface area contributed by atoms with Crippen molar-refractivity contribution in [1.29, 1.82) is 0 Å². The van der Waals surface area contributed by atoms with E-state index in [1.807, 2.05) is 19.2 Å². The summed E-state index contributed by atoms with van der Waals surface area (Å²) in [5.41, 5.74) is 2.77. The molecular weight excluding hydrogens is 453 g/mol. The zero-order chi connectivity index (χ0) is 22.7. The Morgan fingerprint density at radius 1 is 1.34 bits per heavy atom. The minimum absolute atomic E-state index is 0.229. The molecule has 0 bridgehead atoms. The predicted molar refractivity (Wildman–Crippen MR) is 123 cm³/mol. The molecule has 3 heterocycles. The number of benzene rings is 1. The van der Waals surface area contributed by atoms with Crippen LogP contribution in [-0.2, 0) is 22.5 Å². The quantitative estimate of drug-likeness (QED) is 0.651. The number of amides is 1. The topological polar surface area (TPSA) is 88.6 Å². The van der Waals surface area contributed by atoms with Crippen LogP contribution < -0.4 is 10.6 Å². The number of carbonyl (C=O) groups is 1. The summed E-state index contributed by atoms with van der Waals surface area (Å²) in [6.45, 7) is 5.65. The molecule has 2 aliphatic rings. The number of hydroxylamine groups is 2. The fraction of sp³-hybridized carbons (Fsp3) is 0.500. The number of anilines is 1. The molecule has 172 valence electrons. The van der Waals surface area contributed by atoms with Gasteiger partial charge in [-0.15, -0.1) is 5.06 Å². The Hall–Kier alpha value is -2.13. The minimum atomic E-state index is -0.532. The summed E-state index contributed by atoms with van der Waals surface area (Å²) in [5.74, 6) is 0.599. The van der Waals surface area contributed by atoms with Crippen molar-refractivity contribution in [1.82, 2.24) is 20.3 Å². The van der Waals surface area contributed by atoms with Crippen molar-refractivity contribution in [3.8, 4) is 0 Å². The molecule has 4 rings (SSSR count). The maximum absolute atomic E-state index is 12.4. The van der Waals surface area contributed by atoms with E-state index in [0.717, 1.165) is 36.3 Å². The molecule has 2 aromatic rings. The van der Waals surface area contributed by atoms with E-state index in [1.165, 1.54) is 0 Å². The number of aromatic nitrogens is 2. The monoisotopic (exact) mass is 479 g/mol. The van der Waals surface area contributed by atoms with Gasteiger partial charge < -0.3 is 20.2 Å². The van der Waals surface area contributed by atoms with Crippen LogP contribution in [0.4, 0.5) is 10.7 Å². The standard InChI is InChI=1S/C22H27Cl2N5O3/c1-13-9-17(6-8-31-13)27-21-25-11-16-5-7-29(12-20(16)28-21)32-22(30)26-14(2)15-3-4-18(23)19(24)10-15/h3-4,10-11,13-14,17H,5-9,12H2,1-2H3,(H,26,30)(H,25,27,28). The summed E-state index contributed by atoms with van der Waals surface area (Å²) >= 11 is 12.0. The van der Waals surface area contributed by atoms with Gasteiger partial charge in [0.25, 0.3) is 0 Å². The Kier molecular flexibility index (Phi) is 7.35.